The van der Waals surface area contributed by atoms with Crippen LogP contribution in [0.25, 0.3) is 11.1 Å². The molecule has 0 bridgehead atoms. The van der Waals surface area contributed by atoms with Gasteiger partial charge >= 0.3 is 0 Å². The van der Waals surface area contributed by atoms with Gasteiger partial charge in [0.05, 0.1) is 6.61 Å². The van der Waals surface area contributed by atoms with E-state index in [4.69, 9.17) is 14.7 Å². The van der Waals surface area contributed by atoms with Crippen LogP contribution < -0.4 is 15.0 Å². The first-order valence-corrected chi connectivity index (χ1v) is 13.0. The number of hydrogen-bond acceptors (Lipinski definition) is 6. The lowest BCUT2D eigenvalue weighted by atomic mass is 9.88. The number of carbonyl (C=O) groups is 1. The zero-order chi connectivity index (χ0) is 27.3. The van der Waals surface area contributed by atoms with Crippen molar-refractivity contribution in [1.29, 1.82) is 0 Å². The molecule has 0 fully saturated rings. The summed E-state index contributed by atoms with van der Waals surface area (Å²) in [7, 11) is 4.04. The average Bonchev–Trinajstić information content (AvgIpc) is 2.93. The van der Waals surface area contributed by atoms with E-state index in [2.05, 4.69) is 36.1 Å². The number of hydroxylamine groups is 1. The fraction of sp³-hybridized carbons (Fsp3) is 0.323. The van der Waals surface area contributed by atoms with Gasteiger partial charge in [-0.15, -0.1) is 0 Å². The molecule has 0 unspecified atom stereocenters. The summed E-state index contributed by atoms with van der Waals surface area (Å²) in [4.78, 5) is 13.2. The van der Waals surface area contributed by atoms with Crippen LogP contribution in [0.2, 0.25) is 0 Å². The Hall–Kier alpha value is -3.81. The lowest BCUT2D eigenvalue weighted by molar-refractivity contribution is -0.129. The molecule has 0 aliphatic carbocycles. The van der Waals surface area contributed by atoms with Gasteiger partial charge in [0.25, 0.3) is 0 Å². The molecule has 0 radical (unpaired) electrons. The molecule has 0 aliphatic rings. The van der Waals surface area contributed by atoms with Crippen LogP contribution in [0.15, 0.2) is 72.8 Å². The second-order valence-corrected chi connectivity index (χ2v) is 9.30. The summed E-state index contributed by atoms with van der Waals surface area (Å²) in [6.45, 7) is 4.11. The van der Waals surface area contributed by atoms with Gasteiger partial charge in [0.2, 0.25) is 5.91 Å². The Bertz CT molecular complexity index is 1170. The van der Waals surface area contributed by atoms with Gasteiger partial charge in [-0.05, 0) is 97.6 Å². The molecule has 38 heavy (non-hydrogen) atoms. The number of carbonyl (C=O) groups excluding carboxylic acids is 1. The predicted octanol–water partition coefficient (Wildman–Crippen LogP) is 5.76. The summed E-state index contributed by atoms with van der Waals surface area (Å²) in [5.41, 5.74) is 7.10. The number of hydrogen-bond donors (Lipinski definition) is 3. The molecule has 0 saturated carbocycles. The van der Waals surface area contributed by atoms with Crippen molar-refractivity contribution in [2.45, 2.75) is 32.6 Å². The Kier molecular flexibility index (Phi) is 11.2. The third-order valence-corrected chi connectivity index (χ3v) is 6.16. The third-order valence-electron chi connectivity index (χ3n) is 6.16. The van der Waals surface area contributed by atoms with Crippen molar-refractivity contribution < 1.29 is 24.6 Å². The summed E-state index contributed by atoms with van der Waals surface area (Å²) in [6.07, 6.45) is 2.44. The van der Waals surface area contributed by atoms with Crippen LogP contribution in [0.3, 0.4) is 0 Å². The van der Waals surface area contributed by atoms with Crippen LogP contribution in [0.5, 0.6) is 17.2 Å². The van der Waals surface area contributed by atoms with E-state index in [0.717, 1.165) is 53.1 Å². The molecule has 3 aromatic rings. The molecule has 0 saturated heterocycles. The zero-order valence-corrected chi connectivity index (χ0v) is 22.4. The molecule has 0 aliphatic heterocycles. The molecule has 3 aromatic carbocycles. The van der Waals surface area contributed by atoms with E-state index in [9.17, 15) is 9.90 Å². The topological polar surface area (TPSA) is 91.3 Å². The summed E-state index contributed by atoms with van der Waals surface area (Å²) in [5.74, 6) is 1.44. The van der Waals surface area contributed by atoms with Crippen molar-refractivity contribution >= 4 is 17.1 Å². The number of likely N-dealkylation sites (N-methyl/N-ethyl adjacent to an activating group) is 1. The smallest absolute Gasteiger partial charge is 0.243 e. The van der Waals surface area contributed by atoms with Crippen LogP contribution in [-0.4, -0.2) is 55.0 Å². The Balaban J connectivity index is 1.83. The molecule has 7 heteroatoms. The van der Waals surface area contributed by atoms with E-state index >= 15 is 0 Å². The second-order valence-electron chi connectivity index (χ2n) is 9.30. The largest absolute Gasteiger partial charge is 0.508 e. The second kappa shape index (κ2) is 14.8. The van der Waals surface area contributed by atoms with Crippen molar-refractivity contribution in [3.05, 3.63) is 89.5 Å². The van der Waals surface area contributed by atoms with Gasteiger partial charge in [0, 0.05) is 13.0 Å². The highest BCUT2D eigenvalue weighted by Crippen LogP contribution is 2.36. The Morgan fingerprint density at radius 3 is 1.84 bits per heavy atom. The summed E-state index contributed by atoms with van der Waals surface area (Å²) in [6, 6.07) is 23.5. The van der Waals surface area contributed by atoms with E-state index < -0.39 is 0 Å². The van der Waals surface area contributed by atoms with Gasteiger partial charge in [-0.2, -0.15) is 0 Å². The Morgan fingerprint density at radius 1 is 0.789 bits per heavy atom. The lowest BCUT2D eigenvalue weighted by Crippen LogP contribution is -2.19. The Morgan fingerprint density at radius 2 is 1.32 bits per heavy atom. The van der Waals surface area contributed by atoms with Crippen molar-refractivity contribution in [3.63, 3.8) is 0 Å². The molecule has 3 N–H and O–H groups in total. The van der Waals surface area contributed by atoms with E-state index in [1.54, 1.807) is 17.6 Å². The summed E-state index contributed by atoms with van der Waals surface area (Å²) < 4.78 is 11.7. The number of aromatic hydroxyl groups is 1. The maximum Gasteiger partial charge on any atom is 0.243 e. The molecule has 202 valence electrons. The number of ether oxygens (including phenoxy) is 2. The zero-order valence-electron chi connectivity index (χ0n) is 22.4. The SMILES string of the molecule is CC/C(=C(\c1ccc(O)cc1)c1ccc(OCCN(C)C)cc1)c1ccc(OCCCCC(=O)NO)cc1. The number of rotatable bonds is 14. The highest BCUT2D eigenvalue weighted by molar-refractivity contribution is 5.98. The summed E-state index contributed by atoms with van der Waals surface area (Å²) in [5, 5.41) is 18.4. The predicted molar refractivity (Wildman–Crippen MR) is 151 cm³/mol. The van der Waals surface area contributed by atoms with Crippen LogP contribution >= 0.6 is 0 Å². The minimum absolute atomic E-state index is 0.231. The first-order chi connectivity index (χ1) is 18.4. The van der Waals surface area contributed by atoms with E-state index in [0.29, 0.717) is 19.6 Å². The number of phenolic OH excluding ortho intramolecular Hbond substituents is 1. The van der Waals surface area contributed by atoms with Crippen molar-refractivity contribution in [2.75, 3.05) is 33.9 Å². The van der Waals surface area contributed by atoms with Crippen LogP contribution in [0.4, 0.5) is 0 Å². The maximum absolute atomic E-state index is 11.1. The molecule has 7 nitrogen and oxygen atoms in total. The number of unbranched alkanes of at least 4 members (excludes halogenated alkanes) is 1. The van der Waals surface area contributed by atoms with E-state index in [-0.39, 0.29) is 18.1 Å². The van der Waals surface area contributed by atoms with Crippen LogP contribution in [-0.2, 0) is 4.79 Å². The van der Waals surface area contributed by atoms with Crippen LogP contribution in [0.1, 0.15) is 49.3 Å². The van der Waals surface area contributed by atoms with Gasteiger partial charge in [0.15, 0.2) is 0 Å². The average molecular weight is 519 g/mol. The van der Waals surface area contributed by atoms with Gasteiger partial charge in [-0.3, -0.25) is 10.0 Å². The minimum Gasteiger partial charge on any atom is -0.508 e. The molecule has 0 heterocycles. The number of phenols is 1. The van der Waals surface area contributed by atoms with Gasteiger partial charge in [0.1, 0.15) is 23.9 Å². The third kappa shape index (κ3) is 8.64. The van der Waals surface area contributed by atoms with Crippen molar-refractivity contribution in [1.82, 2.24) is 10.4 Å². The lowest BCUT2D eigenvalue weighted by Gasteiger charge is -2.17. The van der Waals surface area contributed by atoms with Gasteiger partial charge < -0.3 is 19.5 Å². The fourth-order valence-corrected chi connectivity index (χ4v) is 4.12. The highest BCUT2D eigenvalue weighted by atomic mass is 16.5. The molecule has 0 atom stereocenters. The van der Waals surface area contributed by atoms with Gasteiger partial charge in [-0.25, -0.2) is 5.48 Å². The van der Waals surface area contributed by atoms with E-state index in [1.807, 2.05) is 50.5 Å². The molecule has 1 amide bonds. The minimum atomic E-state index is -0.385. The highest BCUT2D eigenvalue weighted by Gasteiger charge is 2.14. The van der Waals surface area contributed by atoms with Crippen molar-refractivity contribution in [3.8, 4) is 17.2 Å². The van der Waals surface area contributed by atoms with E-state index in [1.165, 1.54) is 5.57 Å². The number of allylic oxidation sites excluding steroid dienone is 1. The molecule has 0 aromatic heterocycles. The number of nitrogens with zero attached hydrogens (tertiary/aromatic N) is 1. The van der Waals surface area contributed by atoms with Crippen LogP contribution in [0, 0.1) is 0 Å². The number of benzene rings is 3. The molecule has 0 spiro atoms. The first-order valence-electron chi connectivity index (χ1n) is 13.0. The van der Waals surface area contributed by atoms with Crippen molar-refractivity contribution in [2.24, 2.45) is 0 Å². The Labute approximate surface area is 225 Å². The fourth-order valence-electron chi connectivity index (χ4n) is 4.12. The standard InChI is InChI=1S/C31H38N2O5/c1-4-29(23-10-16-27(17-11-23)37-21-6-5-7-30(35)32-36)31(24-8-14-26(34)15-9-24)25-12-18-28(19-13-25)38-22-20-33(2)3/h8-19,34,36H,4-7,20-22H2,1-3H3,(H,32,35)/b31-29-. The number of amides is 1. The normalized spacial score (nSPS) is 11.7. The monoisotopic (exact) mass is 518 g/mol. The molecule has 3 rings (SSSR count). The quantitative estimate of drug-likeness (QED) is 0.109. The molecular formula is C31H38N2O5. The maximum atomic E-state index is 11.1. The number of nitrogens with one attached hydrogen (secondary N) is 1. The summed E-state index contributed by atoms with van der Waals surface area (Å²) >= 11 is 0. The van der Waals surface area contributed by atoms with Gasteiger partial charge in [-0.1, -0.05) is 43.3 Å². The first kappa shape index (κ1) is 28.8. The molecular weight excluding hydrogens is 480 g/mol.